The first-order valence-corrected chi connectivity index (χ1v) is 6.56. The zero-order valence-electron chi connectivity index (χ0n) is 10.7. The number of furan rings is 1. The molecule has 0 fully saturated rings. The lowest BCUT2D eigenvalue weighted by molar-refractivity contribution is 0.110. The quantitative estimate of drug-likeness (QED) is 0.745. The zero-order chi connectivity index (χ0) is 13.3. The molecule has 0 saturated carbocycles. The number of aldehydes is 1. The van der Waals surface area contributed by atoms with Gasteiger partial charge in [0.1, 0.15) is 5.76 Å². The van der Waals surface area contributed by atoms with Gasteiger partial charge in [0.25, 0.3) is 0 Å². The Morgan fingerprint density at radius 1 is 1.17 bits per heavy atom. The number of benzene rings is 1. The molecule has 3 heteroatoms. The maximum absolute atomic E-state index is 10.6. The van der Waals surface area contributed by atoms with Crippen molar-refractivity contribution in [1.29, 1.82) is 0 Å². The van der Waals surface area contributed by atoms with Gasteiger partial charge in [-0.15, -0.1) is 0 Å². The maximum Gasteiger partial charge on any atom is 0.185 e. The molecule has 0 aliphatic carbocycles. The molecule has 2 rings (SSSR count). The third-order valence-electron chi connectivity index (χ3n) is 2.84. The molecule has 0 spiro atoms. The van der Waals surface area contributed by atoms with Crippen LogP contribution in [0.25, 0.3) is 11.3 Å². The summed E-state index contributed by atoms with van der Waals surface area (Å²) in [6, 6.07) is 9.67. The van der Waals surface area contributed by atoms with E-state index in [1.807, 2.05) is 6.07 Å². The molecular weight excluding hydrogens is 292 g/mol. The van der Waals surface area contributed by atoms with Crippen molar-refractivity contribution in [2.45, 2.75) is 26.2 Å². The minimum absolute atomic E-state index is 0.109. The van der Waals surface area contributed by atoms with Gasteiger partial charge in [-0.1, -0.05) is 42.8 Å². The molecule has 0 aliphatic rings. The van der Waals surface area contributed by atoms with E-state index in [9.17, 15) is 4.79 Å². The van der Waals surface area contributed by atoms with Crippen LogP contribution in [0, 0.1) is 0 Å². The second-order valence-corrected chi connectivity index (χ2v) is 6.12. The molecule has 0 atom stereocenters. The first-order chi connectivity index (χ1) is 8.41. The molecule has 0 bridgehead atoms. The molecule has 1 aromatic heterocycles. The maximum atomic E-state index is 10.6. The molecular formula is C15H15BrO2. The highest BCUT2D eigenvalue weighted by Gasteiger charge is 2.16. The van der Waals surface area contributed by atoms with Crippen LogP contribution in [-0.4, -0.2) is 6.29 Å². The summed E-state index contributed by atoms with van der Waals surface area (Å²) in [5, 5.41) is 0. The summed E-state index contributed by atoms with van der Waals surface area (Å²) in [4.78, 5) is 10.6. The Balaban J connectivity index is 2.44. The molecule has 94 valence electrons. The van der Waals surface area contributed by atoms with Crippen LogP contribution in [0.4, 0.5) is 0 Å². The highest BCUT2D eigenvalue weighted by molar-refractivity contribution is 9.10. The van der Waals surface area contributed by atoms with Crippen LogP contribution in [0.15, 0.2) is 39.2 Å². The van der Waals surface area contributed by atoms with E-state index in [0.717, 1.165) is 10.0 Å². The van der Waals surface area contributed by atoms with Crippen molar-refractivity contribution < 1.29 is 9.21 Å². The SMILES string of the molecule is CC(C)(C)c1ccc(-c2ccc(C=O)o2)c(Br)c1. The fourth-order valence-electron chi connectivity index (χ4n) is 1.74. The van der Waals surface area contributed by atoms with Gasteiger partial charge in [0.05, 0.1) is 0 Å². The smallest absolute Gasteiger partial charge is 0.185 e. The van der Waals surface area contributed by atoms with Crippen LogP contribution in [0.1, 0.15) is 36.9 Å². The van der Waals surface area contributed by atoms with Gasteiger partial charge in [-0.2, -0.15) is 0 Å². The van der Waals surface area contributed by atoms with Crippen molar-refractivity contribution in [3.63, 3.8) is 0 Å². The van der Waals surface area contributed by atoms with Crippen LogP contribution < -0.4 is 0 Å². The number of carbonyl (C=O) groups is 1. The van der Waals surface area contributed by atoms with E-state index in [4.69, 9.17) is 4.42 Å². The number of halogens is 1. The van der Waals surface area contributed by atoms with Crippen molar-refractivity contribution in [1.82, 2.24) is 0 Å². The first kappa shape index (κ1) is 13.1. The summed E-state index contributed by atoms with van der Waals surface area (Å²) in [5.74, 6) is 1.04. The lowest BCUT2D eigenvalue weighted by atomic mass is 9.86. The van der Waals surface area contributed by atoms with Crippen molar-refractivity contribution >= 4 is 22.2 Å². The minimum atomic E-state index is 0.109. The van der Waals surface area contributed by atoms with Crippen LogP contribution in [0.3, 0.4) is 0 Å². The van der Waals surface area contributed by atoms with Gasteiger partial charge < -0.3 is 4.42 Å². The average molecular weight is 307 g/mol. The Bertz CT molecular complexity index is 576. The average Bonchev–Trinajstić information content (AvgIpc) is 2.76. The molecule has 0 amide bonds. The van der Waals surface area contributed by atoms with E-state index >= 15 is 0 Å². The molecule has 0 radical (unpaired) electrons. The largest absolute Gasteiger partial charge is 0.453 e. The molecule has 0 N–H and O–H groups in total. The van der Waals surface area contributed by atoms with Gasteiger partial charge in [0.2, 0.25) is 0 Å². The van der Waals surface area contributed by atoms with Crippen molar-refractivity contribution in [3.8, 4) is 11.3 Å². The van der Waals surface area contributed by atoms with E-state index in [2.05, 4.69) is 48.8 Å². The third-order valence-corrected chi connectivity index (χ3v) is 3.50. The molecule has 1 heterocycles. The Kier molecular flexibility index (Phi) is 3.44. The highest BCUT2D eigenvalue weighted by Crippen LogP contribution is 2.33. The number of hydrogen-bond acceptors (Lipinski definition) is 2. The van der Waals surface area contributed by atoms with Crippen molar-refractivity contribution in [3.05, 3.63) is 46.1 Å². The van der Waals surface area contributed by atoms with Gasteiger partial charge in [0.15, 0.2) is 12.0 Å². The summed E-state index contributed by atoms with van der Waals surface area (Å²) in [6.07, 6.45) is 0.709. The van der Waals surface area contributed by atoms with Crippen LogP contribution >= 0.6 is 15.9 Å². The number of carbonyl (C=O) groups excluding carboxylic acids is 1. The number of hydrogen-bond donors (Lipinski definition) is 0. The van der Waals surface area contributed by atoms with Gasteiger partial charge in [-0.05, 0) is 35.2 Å². The fraction of sp³-hybridized carbons (Fsp3) is 0.267. The predicted molar refractivity (Wildman–Crippen MR) is 75.9 cm³/mol. The molecule has 18 heavy (non-hydrogen) atoms. The van der Waals surface area contributed by atoms with E-state index in [1.165, 1.54) is 5.56 Å². The Labute approximate surface area is 115 Å². The van der Waals surface area contributed by atoms with E-state index in [1.54, 1.807) is 12.1 Å². The van der Waals surface area contributed by atoms with E-state index < -0.39 is 0 Å². The van der Waals surface area contributed by atoms with Crippen molar-refractivity contribution in [2.24, 2.45) is 0 Å². The summed E-state index contributed by atoms with van der Waals surface area (Å²) >= 11 is 3.56. The topological polar surface area (TPSA) is 30.2 Å². The molecule has 0 saturated heterocycles. The zero-order valence-corrected chi connectivity index (χ0v) is 12.2. The summed E-state index contributed by atoms with van der Waals surface area (Å²) in [7, 11) is 0. The van der Waals surface area contributed by atoms with E-state index in [0.29, 0.717) is 17.8 Å². The molecule has 2 aromatic rings. The first-order valence-electron chi connectivity index (χ1n) is 5.77. The summed E-state index contributed by atoms with van der Waals surface area (Å²) in [5.41, 5.74) is 2.31. The van der Waals surface area contributed by atoms with Gasteiger partial charge in [-0.25, -0.2) is 0 Å². The van der Waals surface area contributed by atoms with Gasteiger partial charge in [0, 0.05) is 10.0 Å². The van der Waals surface area contributed by atoms with Crippen molar-refractivity contribution in [2.75, 3.05) is 0 Å². The highest BCUT2D eigenvalue weighted by atomic mass is 79.9. The van der Waals surface area contributed by atoms with Crippen LogP contribution in [-0.2, 0) is 5.41 Å². The second kappa shape index (κ2) is 4.73. The fourth-order valence-corrected chi connectivity index (χ4v) is 2.32. The third kappa shape index (κ3) is 2.56. The monoisotopic (exact) mass is 306 g/mol. The normalized spacial score (nSPS) is 11.6. The summed E-state index contributed by atoms with van der Waals surface area (Å²) < 4.78 is 6.40. The second-order valence-electron chi connectivity index (χ2n) is 5.26. The van der Waals surface area contributed by atoms with Crippen LogP contribution in [0.5, 0.6) is 0 Å². The predicted octanol–water partition coefficient (Wildman–Crippen LogP) is 4.82. The molecule has 0 aliphatic heterocycles. The van der Waals surface area contributed by atoms with E-state index in [-0.39, 0.29) is 5.41 Å². The van der Waals surface area contributed by atoms with Crippen LogP contribution in [0.2, 0.25) is 0 Å². The lowest BCUT2D eigenvalue weighted by Gasteiger charge is -2.19. The summed E-state index contributed by atoms with van der Waals surface area (Å²) in [6.45, 7) is 6.52. The van der Waals surface area contributed by atoms with Gasteiger partial charge in [-0.3, -0.25) is 4.79 Å². The minimum Gasteiger partial charge on any atom is -0.453 e. The molecule has 0 unspecified atom stereocenters. The Hall–Kier alpha value is -1.35. The lowest BCUT2D eigenvalue weighted by Crippen LogP contribution is -2.10. The standard InChI is InChI=1S/C15H15BrO2/c1-15(2,3)10-4-6-12(13(16)8-10)14-7-5-11(9-17)18-14/h4-9H,1-3H3. The number of rotatable bonds is 2. The molecule has 1 aromatic carbocycles. The van der Waals surface area contributed by atoms with Gasteiger partial charge >= 0.3 is 0 Å². The molecule has 2 nitrogen and oxygen atoms in total. The Morgan fingerprint density at radius 2 is 1.89 bits per heavy atom. The Morgan fingerprint density at radius 3 is 2.39 bits per heavy atom.